The molecule has 0 aliphatic heterocycles. The third-order valence-electron chi connectivity index (χ3n) is 11.2. The van der Waals surface area contributed by atoms with E-state index in [1.165, 1.54) is 44.5 Å². The minimum atomic E-state index is -1.77. The monoisotopic (exact) mass is 812 g/mol. The molecule has 0 radical (unpaired) electrons. The second-order valence-corrected chi connectivity index (χ2v) is 18.7. The molecule has 4 atom stereocenters. The smallest absolute Gasteiger partial charge is 0.387 e. The summed E-state index contributed by atoms with van der Waals surface area (Å²) in [6.07, 6.45) is 10.6. The molecule has 308 valence electrons. The minimum absolute atomic E-state index is 0.229. The Kier molecular flexibility index (Phi) is 14.8. The van der Waals surface area contributed by atoms with Gasteiger partial charge in [-0.05, 0) is 161 Å². The molecule has 6 nitrogen and oxygen atoms in total. The third kappa shape index (κ3) is 10.3. The fourth-order valence-electron chi connectivity index (χ4n) is 8.09. The number of fused-ring (bicyclic) bond motifs is 6. The van der Waals surface area contributed by atoms with Crippen molar-refractivity contribution in [2.45, 2.75) is 165 Å². The maximum absolute atomic E-state index is 6.89. The van der Waals surface area contributed by atoms with Crippen molar-refractivity contribution in [3.8, 4) is 0 Å². The van der Waals surface area contributed by atoms with E-state index in [0.717, 1.165) is 108 Å². The Morgan fingerprint density at radius 1 is 0.474 bits per heavy atom. The molecule has 0 saturated carbocycles. The summed E-state index contributed by atoms with van der Waals surface area (Å²) in [5.74, 6) is 0.322. The number of rotatable bonds is 17. The van der Waals surface area contributed by atoms with E-state index in [0.29, 0.717) is 12.3 Å². The van der Waals surface area contributed by atoms with E-state index in [2.05, 4.69) is 125 Å². The van der Waals surface area contributed by atoms with Crippen molar-refractivity contribution >= 4 is 60.4 Å². The molecule has 2 heterocycles. The van der Waals surface area contributed by atoms with Crippen LogP contribution < -0.4 is 9.05 Å². The van der Waals surface area contributed by atoms with Crippen LogP contribution in [0, 0.1) is 27.7 Å². The van der Waals surface area contributed by atoms with Crippen LogP contribution in [0.1, 0.15) is 150 Å². The lowest BCUT2D eigenvalue weighted by Gasteiger charge is -2.16. The first-order chi connectivity index (χ1) is 27.4. The van der Waals surface area contributed by atoms with Crippen molar-refractivity contribution in [2.75, 3.05) is 0 Å². The Hall–Kier alpha value is -3.40. The third-order valence-corrected chi connectivity index (χ3v) is 13.6. The van der Waals surface area contributed by atoms with Gasteiger partial charge < -0.3 is 16.8 Å². The second kappa shape index (κ2) is 19.6. The molecule has 0 amide bonds. The second-order valence-electron chi connectivity index (χ2n) is 16.6. The Morgan fingerprint density at radius 2 is 0.807 bits per heavy atom. The van der Waals surface area contributed by atoms with E-state index in [9.17, 15) is 0 Å². The van der Waals surface area contributed by atoms with E-state index in [1.807, 2.05) is 0 Å². The highest BCUT2D eigenvalue weighted by atomic mass is 31.1. The van der Waals surface area contributed by atoms with Gasteiger partial charge in [0.2, 0.25) is 0 Å². The Balaban J connectivity index is 1.41. The average Bonchev–Trinajstić information content (AvgIpc) is 3.41. The molecule has 2 aromatic heterocycles. The molecule has 0 bridgehead atoms. The van der Waals surface area contributed by atoms with Crippen LogP contribution in [0.15, 0.2) is 65.3 Å². The highest BCUT2D eigenvalue weighted by Gasteiger charge is 2.22. The molecule has 6 rings (SSSR count). The molecule has 4 aromatic carbocycles. The highest BCUT2D eigenvalue weighted by molar-refractivity contribution is 7.32. The van der Waals surface area contributed by atoms with Gasteiger partial charge in [0.05, 0.1) is 12.2 Å². The van der Waals surface area contributed by atoms with Crippen molar-refractivity contribution < 1.29 is 25.8 Å². The van der Waals surface area contributed by atoms with Crippen molar-refractivity contribution in [1.82, 2.24) is 0 Å². The van der Waals surface area contributed by atoms with Gasteiger partial charge in [-0.1, -0.05) is 78.1 Å². The molecule has 0 aliphatic rings. The standard InChI is InChI=1S/C49H66O6P2/c1-12-16-19-38-22-31(5)26-42-43-27-32(6)23-39(20-17-13-2)47(43)53-56(52-46(38)42)50-36(10)30-37(11)51-57-54-48-40(21-18-14-3)24-33(7)28-44(48)45-29-34(8)25-41(35(9)15-4)49(45)55-57/h22-29,35-37H,12-21,30H2,1-11H3/t35?,36-,37-,57?/m1/s1. The number of hydrogen-bond acceptors (Lipinski definition) is 6. The molecule has 2 unspecified atom stereocenters. The van der Waals surface area contributed by atoms with Crippen LogP contribution in [0.3, 0.4) is 0 Å². The Morgan fingerprint density at radius 3 is 1.16 bits per heavy atom. The molecule has 0 N–H and O–H groups in total. The summed E-state index contributed by atoms with van der Waals surface area (Å²) >= 11 is 0. The van der Waals surface area contributed by atoms with Crippen molar-refractivity contribution in [2.24, 2.45) is 0 Å². The van der Waals surface area contributed by atoms with Gasteiger partial charge in [0.25, 0.3) is 0 Å². The van der Waals surface area contributed by atoms with E-state index in [1.54, 1.807) is 0 Å². The topological polar surface area (TPSA) is 71.0 Å². The molecule has 0 spiro atoms. The van der Waals surface area contributed by atoms with Crippen LogP contribution in [0.25, 0.3) is 43.9 Å². The minimum Gasteiger partial charge on any atom is -0.399 e. The SMILES string of the molecule is CCCCc1cc(C)cc2c1op(O[C@H](C)C[C@@H](C)Op1oc3c(CCCC)cc(C)cc3c3cc(C)cc(C(C)CC)c3o1)oc1c(CCCC)cc(C)cc12. The number of benzene rings is 4. The number of aryl methyl sites for hydroxylation is 7. The zero-order chi connectivity index (χ0) is 40.8. The van der Waals surface area contributed by atoms with Gasteiger partial charge in [-0.15, -0.1) is 0 Å². The van der Waals surface area contributed by atoms with Gasteiger partial charge >= 0.3 is 16.5 Å². The fourth-order valence-corrected chi connectivity index (χ4v) is 10.5. The molecular weight excluding hydrogens is 746 g/mol. The zero-order valence-corrected chi connectivity index (χ0v) is 38.3. The predicted molar refractivity (Wildman–Crippen MR) is 243 cm³/mol. The van der Waals surface area contributed by atoms with Crippen molar-refractivity contribution in [1.29, 1.82) is 0 Å². The lowest BCUT2D eigenvalue weighted by atomic mass is 9.93. The summed E-state index contributed by atoms with van der Waals surface area (Å²) in [7, 11) is -3.53. The molecule has 8 heteroatoms. The number of hydrogen-bond donors (Lipinski definition) is 0. The van der Waals surface area contributed by atoms with Crippen LogP contribution >= 0.6 is 16.5 Å². The molecule has 6 aromatic rings. The summed E-state index contributed by atoms with van der Waals surface area (Å²) < 4.78 is 41.1. The van der Waals surface area contributed by atoms with Gasteiger partial charge in [-0.25, -0.2) is 0 Å². The normalized spacial score (nSPS) is 13.8. The lowest BCUT2D eigenvalue weighted by molar-refractivity contribution is 0.184. The summed E-state index contributed by atoms with van der Waals surface area (Å²) in [4.78, 5) is 0. The number of unbranched alkanes of at least 4 members (excludes halogenated alkanes) is 3. The van der Waals surface area contributed by atoms with Gasteiger partial charge in [0.15, 0.2) is 0 Å². The molecular formula is C49H66O6P2. The average molecular weight is 813 g/mol. The predicted octanol–water partition coefficient (Wildman–Crippen LogP) is 16.4. The van der Waals surface area contributed by atoms with Crippen LogP contribution in [0.5, 0.6) is 0 Å². The molecule has 0 aliphatic carbocycles. The van der Waals surface area contributed by atoms with Crippen molar-refractivity contribution in [3.05, 3.63) is 93.0 Å². The fraction of sp³-hybridized carbons (Fsp3) is 0.510. The van der Waals surface area contributed by atoms with Crippen LogP contribution in [0.4, 0.5) is 0 Å². The summed E-state index contributed by atoms with van der Waals surface area (Å²) in [5, 5.41) is 4.38. The zero-order valence-electron chi connectivity index (χ0n) is 36.5. The van der Waals surface area contributed by atoms with Crippen LogP contribution in [-0.2, 0) is 19.3 Å². The first kappa shape index (κ1) is 43.2. The van der Waals surface area contributed by atoms with Crippen LogP contribution in [0.2, 0.25) is 0 Å². The molecule has 0 fully saturated rings. The molecule has 57 heavy (non-hydrogen) atoms. The van der Waals surface area contributed by atoms with Gasteiger partial charge in [-0.2, -0.15) is 0 Å². The molecule has 0 saturated heterocycles. The quantitative estimate of drug-likeness (QED) is 0.0913. The van der Waals surface area contributed by atoms with E-state index in [-0.39, 0.29) is 12.2 Å². The van der Waals surface area contributed by atoms with E-state index >= 15 is 0 Å². The maximum atomic E-state index is 6.89. The highest BCUT2D eigenvalue weighted by Crippen LogP contribution is 2.42. The van der Waals surface area contributed by atoms with E-state index in [4.69, 9.17) is 25.8 Å². The first-order valence-electron chi connectivity index (χ1n) is 21.6. The summed E-state index contributed by atoms with van der Waals surface area (Å²) in [6.45, 7) is 24.1. The Bertz CT molecular complexity index is 2330. The van der Waals surface area contributed by atoms with Crippen molar-refractivity contribution in [3.63, 3.8) is 0 Å². The first-order valence-corrected chi connectivity index (χ1v) is 23.8. The van der Waals surface area contributed by atoms with Gasteiger partial charge in [-0.3, -0.25) is 9.05 Å². The Labute approximate surface area is 343 Å². The van der Waals surface area contributed by atoms with Gasteiger partial charge in [0.1, 0.15) is 22.3 Å². The maximum Gasteiger partial charge on any atom is 0.387 e. The lowest BCUT2D eigenvalue weighted by Crippen LogP contribution is -2.21. The largest absolute Gasteiger partial charge is 0.399 e. The van der Waals surface area contributed by atoms with E-state index < -0.39 is 16.5 Å². The van der Waals surface area contributed by atoms with Gasteiger partial charge in [0, 0.05) is 28.0 Å². The summed E-state index contributed by atoms with van der Waals surface area (Å²) in [5.41, 5.74) is 13.3. The van der Waals surface area contributed by atoms with Crippen LogP contribution in [-0.4, -0.2) is 12.2 Å². The summed E-state index contributed by atoms with van der Waals surface area (Å²) in [6, 6.07) is 18.1.